The molecule has 15 nitrogen and oxygen atoms in total. The molecule has 446 valence electrons. The predicted molar refractivity (Wildman–Crippen MR) is 338 cm³/mol. The van der Waals surface area contributed by atoms with Crippen molar-refractivity contribution in [2.45, 2.75) is 192 Å². The smallest absolute Gasteiger partial charge is 0.399 e. The molecule has 2 saturated heterocycles. The van der Waals surface area contributed by atoms with Crippen LogP contribution in [0.1, 0.15) is 210 Å². The van der Waals surface area contributed by atoms with Gasteiger partial charge < -0.3 is 28.1 Å². The number of carbonyl (C=O) groups is 5. The third kappa shape index (κ3) is 16.8. The van der Waals surface area contributed by atoms with Crippen LogP contribution in [-0.4, -0.2) is 104 Å². The fourth-order valence-electron chi connectivity index (χ4n) is 10.2. The molecule has 0 saturated carbocycles. The number of amides is 4. The summed E-state index contributed by atoms with van der Waals surface area (Å²) in [7, 11) is 3.75. The van der Waals surface area contributed by atoms with Crippen molar-refractivity contribution in [3.8, 4) is 0 Å². The number of hydrazine groups is 2. The number of hydrogen-bond acceptors (Lipinski definition) is 12. The number of aryl methyl sites for hydroxylation is 4. The van der Waals surface area contributed by atoms with Gasteiger partial charge in [-0.05, 0) is 166 Å². The largest absolute Gasteiger partial charge is 0.495 e. The molecule has 0 bridgehead atoms. The van der Waals surface area contributed by atoms with E-state index in [1.54, 1.807) is 50.6 Å². The zero-order valence-corrected chi connectivity index (χ0v) is 55.5. The molecule has 4 aromatic rings. The zero-order valence-electron chi connectivity index (χ0n) is 53.6. The van der Waals surface area contributed by atoms with Crippen LogP contribution in [0.3, 0.4) is 0 Å². The predicted octanol–water partition coefficient (Wildman–Crippen LogP) is 11.4. The Labute approximate surface area is 500 Å². The molecule has 20 heteroatoms. The van der Waals surface area contributed by atoms with Gasteiger partial charge in [0.1, 0.15) is 6.29 Å². The molecule has 2 heterocycles. The fraction of sp³-hybridized carbons (Fsp3) is 0.532. The summed E-state index contributed by atoms with van der Waals surface area (Å²) in [5, 5.41) is 2.95. The SMILES string of the molecule is CC[C@@H](N(NC(=O)c1ccc(C(OC)OC)c(B2OC(C)(C)C(C)(C)O2)c1)C(=O)c1cc(C)cc(C)c1)C(C)(C)C.CC[C@@H](N(NC(=O)c1ccc(C=O)c(B2OC(C)(C)C(C)(C)O2)c1)C(=O)c1cc(C)cc(C)c1)C(C)(C)C.[3H][P+](P)=S. The van der Waals surface area contributed by atoms with Gasteiger partial charge >= 0.3 is 15.5 Å². The summed E-state index contributed by atoms with van der Waals surface area (Å²) in [4.78, 5) is 67.1. The Kier molecular flexibility index (Phi) is 23.2. The first kappa shape index (κ1) is 68.1. The molecule has 0 spiro atoms. The van der Waals surface area contributed by atoms with E-state index < -0.39 is 61.7 Å². The molecule has 4 atom stereocenters. The number of methoxy groups -OCH3 is 2. The van der Waals surface area contributed by atoms with Gasteiger partial charge in [0.2, 0.25) is 0 Å². The third-order valence-corrected chi connectivity index (χ3v) is 15.7. The number of carbonyl (C=O) groups excluding carboxylic acids is 5. The van der Waals surface area contributed by atoms with E-state index in [9.17, 15) is 24.0 Å². The first-order valence-electron chi connectivity index (χ1n) is 28.3. The summed E-state index contributed by atoms with van der Waals surface area (Å²) in [6, 6.07) is 20.8. The van der Waals surface area contributed by atoms with Crippen LogP contribution in [0.2, 0.25) is 0 Å². The maximum absolute atomic E-state index is 13.9. The Bertz CT molecular complexity index is 2940. The van der Waals surface area contributed by atoms with Crippen LogP contribution < -0.4 is 21.8 Å². The maximum atomic E-state index is 13.9. The van der Waals surface area contributed by atoms with Crippen molar-refractivity contribution in [3.63, 3.8) is 0 Å². The number of ether oxygens (including phenoxy) is 2. The second kappa shape index (κ2) is 28.0. The lowest BCUT2D eigenvalue weighted by atomic mass is 9.75. The highest BCUT2D eigenvalue weighted by Gasteiger charge is 2.54. The molecule has 4 amide bonds. The lowest BCUT2D eigenvalue weighted by Gasteiger charge is -2.39. The summed E-state index contributed by atoms with van der Waals surface area (Å²) in [5.41, 5.74) is 10.6. The quantitative estimate of drug-likeness (QED) is 0.0403. The Morgan fingerprint density at radius 3 is 1.23 bits per heavy atom. The van der Waals surface area contributed by atoms with Gasteiger partial charge in [-0.1, -0.05) is 102 Å². The summed E-state index contributed by atoms with van der Waals surface area (Å²) in [6.07, 6.45) is 1.34. The molecule has 0 radical (unpaired) electrons. The minimum atomic E-state index is -0.870. The van der Waals surface area contributed by atoms with Crippen LogP contribution in [0, 0.1) is 38.5 Å². The molecule has 4 aromatic carbocycles. The first-order chi connectivity index (χ1) is 38.2. The molecule has 2 N–H and O–H groups in total. The molecular weight excluding hydrogens is 1090 g/mol. The van der Waals surface area contributed by atoms with E-state index in [1.807, 2.05) is 154 Å². The van der Waals surface area contributed by atoms with E-state index in [2.05, 4.69) is 52.4 Å². The maximum Gasteiger partial charge on any atom is 0.495 e. The van der Waals surface area contributed by atoms with Gasteiger partial charge in [-0.3, -0.25) is 34.8 Å². The van der Waals surface area contributed by atoms with E-state index in [4.69, 9.17) is 29.4 Å². The number of benzene rings is 4. The average molecular weight is 1190 g/mol. The summed E-state index contributed by atoms with van der Waals surface area (Å²) < 4.78 is 42.5. The van der Waals surface area contributed by atoms with Crippen LogP contribution in [0.5, 0.6) is 0 Å². The molecule has 0 aliphatic carbocycles. The highest BCUT2D eigenvalue weighted by molar-refractivity contribution is 8.24. The standard InChI is InChI=1S/C32H47BN2O6.C30H41BN2O5.H2P2S/c1-13-26(30(4,5)6)35(28(37)23-17-20(2)16-21(3)18-23)34-27(36)22-14-15-24(29(38-11)39-12)25(19-22)33-40-31(7,8)32(9,10)41-33;1-11-25(28(4,5)6)33(27(36)23-15-19(2)14-20(3)16-23)32-26(35)21-12-13-22(18-34)24(17-21)31-37-29(7,8)30(9,10)38-31;1-2-3/h14-19,26,29H,13H2,1-12H3,(H,34,36);12-18,25H,11H2,1-10H3,(H,32,35);1H2/p+1/t26-;25-;/m11./s1/i/hT. The summed E-state index contributed by atoms with van der Waals surface area (Å²) in [6.45, 7) is 38.9. The van der Waals surface area contributed by atoms with Crippen LogP contribution in [0.25, 0.3) is 0 Å². The van der Waals surface area contributed by atoms with Crippen LogP contribution in [-0.2, 0) is 39.9 Å². The van der Waals surface area contributed by atoms with Gasteiger partial charge in [0.05, 0.1) is 43.4 Å². The van der Waals surface area contributed by atoms with Gasteiger partial charge in [-0.2, -0.15) is 0 Å². The van der Waals surface area contributed by atoms with E-state index >= 15 is 0 Å². The van der Waals surface area contributed by atoms with Crippen LogP contribution in [0.4, 0.5) is 0 Å². The van der Waals surface area contributed by atoms with E-state index in [1.165, 1.54) is 10.0 Å². The molecule has 2 fully saturated rings. The van der Waals surface area contributed by atoms with Gasteiger partial charge in [-0.15, -0.1) is 0 Å². The van der Waals surface area contributed by atoms with Crippen molar-refractivity contribution in [1.82, 2.24) is 20.9 Å². The van der Waals surface area contributed by atoms with E-state index in [-0.39, 0.29) is 34.7 Å². The first-order valence-corrected chi connectivity index (χ1v) is 31.4. The molecule has 2 unspecified atom stereocenters. The van der Waals surface area contributed by atoms with Crippen molar-refractivity contribution in [2.75, 3.05) is 14.2 Å². The van der Waals surface area contributed by atoms with Gasteiger partial charge in [0, 0.05) is 47.6 Å². The highest BCUT2D eigenvalue weighted by atomic mass is 32.6. The number of nitrogens with zero attached hydrogens (tertiary/aromatic N) is 2. The topological polar surface area (TPSA) is 171 Å². The Hall–Kier alpha value is -4.73. The van der Waals surface area contributed by atoms with Crippen molar-refractivity contribution in [1.29, 1.82) is 1.28 Å². The highest BCUT2D eigenvalue weighted by Crippen LogP contribution is 2.39. The average Bonchev–Trinajstić information content (AvgIpc) is 4.03. The summed E-state index contributed by atoms with van der Waals surface area (Å²) >= 11 is 4.31. The molecular formula is C62H91B2N4O11P2S+. The molecule has 2 aliphatic heterocycles. The number of nitrogens with one attached hydrogen (secondary N) is 2. The van der Waals surface area contributed by atoms with Crippen molar-refractivity contribution < 1.29 is 52.1 Å². The molecule has 82 heavy (non-hydrogen) atoms. The van der Waals surface area contributed by atoms with Gasteiger partial charge in [0.25, 0.3) is 23.6 Å². The second-order valence-corrected chi connectivity index (χ2v) is 28.2. The minimum absolute atomic E-state index is 0.256. The lowest BCUT2D eigenvalue weighted by Crippen LogP contribution is -2.56. The Morgan fingerprint density at radius 1 is 0.610 bits per heavy atom. The number of aldehydes is 1. The molecule has 2 aliphatic rings. The van der Waals surface area contributed by atoms with Crippen molar-refractivity contribution in [3.05, 3.63) is 128 Å². The van der Waals surface area contributed by atoms with E-state index in [0.29, 0.717) is 57.1 Å². The number of rotatable bonds is 14. The third-order valence-electron chi connectivity index (χ3n) is 15.7. The monoisotopic (exact) mass is 1190 g/mol. The second-order valence-electron chi connectivity index (χ2n) is 25.5. The minimum Gasteiger partial charge on any atom is -0.399 e. The van der Waals surface area contributed by atoms with Crippen LogP contribution >= 0.6 is 15.9 Å². The molecule has 0 aromatic heterocycles. The normalized spacial score (nSPS) is 17.0. The van der Waals surface area contributed by atoms with Gasteiger partial charge in [-0.25, -0.2) is 10.0 Å². The van der Waals surface area contributed by atoms with Crippen LogP contribution in [0.15, 0.2) is 72.8 Å². The van der Waals surface area contributed by atoms with Crippen molar-refractivity contribution in [2.24, 2.45) is 10.8 Å². The molecule has 6 rings (SSSR count). The van der Waals surface area contributed by atoms with E-state index in [0.717, 1.165) is 28.5 Å². The fourth-order valence-corrected chi connectivity index (χ4v) is 10.2. The zero-order chi connectivity index (χ0) is 63.1. The Balaban J connectivity index is 0.000000336. The number of hydrogen-bond donors (Lipinski definition) is 2. The Morgan fingerprint density at radius 2 is 0.927 bits per heavy atom. The summed E-state index contributed by atoms with van der Waals surface area (Å²) in [5.74, 6) is -1.40. The lowest BCUT2D eigenvalue weighted by molar-refractivity contribution is -0.105. The van der Waals surface area contributed by atoms with Gasteiger partial charge in [0.15, 0.2) is 25.1 Å². The van der Waals surface area contributed by atoms with Crippen molar-refractivity contribution >= 4 is 82.8 Å².